The first-order valence-corrected chi connectivity index (χ1v) is 39.5. The van der Waals surface area contributed by atoms with Crippen molar-refractivity contribution in [3.05, 3.63) is 300 Å². The molecule has 15 aromatic heterocycles. The zero-order chi connectivity index (χ0) is 87.0. The summed E-state index contributed by atoms with van der Waals surface area (Å²) in [5.74, 6) is 1.05. The number of nitrogens with zero attached hydrogens (tertiary/aromatic N) is 10. The van der Waals surface area contributed by atoms with E-state index in [0.29, 0.717) is 40.0 Å². The van der Waals surface area contributed by atoms with Crippen LogP contribution in [0, 0.1) is 34.6 Å². The summed E-state index contributed by atoms with van der Waals surface area (Å²) in [7, 11) is 10.0. The number of rotatable bonds is 10. The van der Waals surface area contributed by atoms with Crippen LogP contribution in [0.1, 0.15) is 124 Å². The Kier molecular flexibility index (Phi) is 19.5. The maximum absolute atomic E-state index is 7.90. The highest BCUT2D eigenvalue weighted by molar-refractivity contribution is 6.09. The molecule has 0 aliphatic carbocycles. The first-order chi connectivity index (χ1) is 58.6. The SMILES string of the molecule is Cc1cc2oc3cnccc3c2cc1-c1ccc(C(C)C)c[n+]1C.Cc1cc2oc3ncccc3c2cc1-c1ccc(C(C)C)c[n+]1C.[2H]C([2H])(C)c1ccc(-c2cc3c(cc2C)oc2cccnc23)[n+](C)c1.[2H]C([2H])(C)c1ccc(-c2cc3c(nc2C)oc2ccccc23)[n+](C)c1.[2H]C([2H])(C)c1ccc(-c2nc3c(cc2C)oc2ccccc23)[n+](C)c1. The van der Waals surface area contributed by atoms with Gasteiger partial charge in [0.25, 0.3) is 0 Å². The van der Waals surface area contributed by atoms with Crippen LogP contribution in [-0.2, 0) is 54.4 Å². The van der Waals surface area contributed by atoms with Crippen LogP contribution in [-0.4, -0.2) is 24.9 Å². The van der Waals surface area contributed by atoms with E-state index in [1.165, 1.54) is 44.8 Å². The van der Waals surface area contributed by atoms with E-state index in [0.717, 1.165) is 150 Å². The molecule has 0 N–H and O–H groups in total. The summed E-state index contributed by atoms with van der Waals surface area (Å²) < 4.78 is 87.1. The summed E-state index contributed by atoms with van der Waals surface area (Å²) in [5.41, 5.74) is 30.7. The lowest BCUT2D eigenvalue weighted by Crippen LogP contribution is -2.31. The van der Waals surface area contributed by atoms with Crippen molar-refractivity contribution < 1.29 is 53.1 Å². The number of aromatic nitrogens is 10. The van der Waals surface area contributed by atoms with E-state index in [4.69, 9.17) is 35.3 Å². The summed E-state index contributed by atoms with van der Waals surface area (Å²) in [4.78, 5) is 22.5. The van der Waals surface area contributed by atoms with E-state index in [-0.39, 0.29) is 0 Å². The minimum atomic E-state index is -1.37. The molecule has 0 bridgehead atoms. The predicted molar refractivity (Wildman–Crippen MR) is 471 cm³/mol. The van der Waals surface area contributed by atoms with Crippen molar-refractivity contribution in [3.8, 4) is 56.4 Å². The highest BCUT2D eigenvalue weighted by Gasteiger charge is 2.25. The molecule has 0 aliphatic heterocycles. The highest BCUT2D eigenvalue weighted by Crippen LogP contribution is 2.39. The molecule has 15 nitrogen and oxygen atoms in total. The molecule has 117 heavy (non-hydrogen) atoms. The standard InChI is InChI=1S/2C21H21N2O.3C20H19N2O/c1-13(2)15-5-6-19(23(4)12-15)17-10-18-16-7-8-22-11-21(16)24-20(18)9-14(17)3;1-13(2)15-7-8-19(23(4)12-15)17-11-18-16-6-5-9-22-21(16)24-20(18)10-14(17)3;1-4-14-7-8-17(22(3)12-14)15-11-16-19(10-13(15)2)23-18-6-5-9-21-20(16)18;1-4-14-9-10-18(22(3)12-14)16-11-17-15-7-5-6-8-19(15)23-20(17)21-13(16)2;1-4-14-9-10-16(22(3)12-14)19-13(2)11-18-20(21-19)15-7-5-6-8-17(15)23-18/h2*5-13H,1-4H3;3*5-12H,4H2,1-3H3/q5*+1/i;;3*4D2. The Morgan fingerprint density at radius 2 is 0.752 bits per heavy atom. The molecule has 0 radical (unpaired) electrons. The molecule has 15 heterocycles. The van der Waals surface area contributed by atoms with Gasteiger partial charge in [0.15, 0.2) is 47.7 Å². The van der Waals surface area contributed by atoms with Crippen LogP contribution in [0.2, 0.25) is 0 Å². The van der Waals surface area contributed by atoms with Crippen LogP contribution in [0.5, 0.6) is 0 Å². The fourth-order valence-electron chi connectivity index (χ4n) is 15.7. The Bertz CT molecular complexity index is 6910. The van der Waals surface area contributed by atoms with Crippen LogP contribution in [0.4, 0.5) is 0 Å². The van der Waals surface area contributed by atoms with Crippen molar-refractivity contribution in [1.82, 2.24) is 24.9 Å². The largest absolute Gasteiger partial charge is 0.454 e. The number of pyridine rings is 10. The summed E-state index contributed by atoms with van der Waals surface area (Å²) in [5, 5.41) is 8.47. The van der Waals surface area contributed by atoms with Gasteiger partial charge < -0.3 is 22.1 Å². The highest BCUT2D eigenvalue weighted by atomic mass is 16.4. The second-order valence-electron chi connectivity index (χ2n) is 30.8. The first kappa shape index (κ1) is 70.2. The third kappa shape index (κ3) is 15.3. The van der Waals surface area contributed by atoms with Crippen LogP contribution in [0.25, 0.3) is 167 Å². The summed E-state index contributed by atoms with van der Waals surface area (Å²) >= 11 is 0. The normalized spacial score (nSPS) is 12.7. The molecule has 20 aromatic rings. The van der Waals surface area contributed by atoms with E-state index in [1.54, 1.807) is 39.4 Å². The van der Waals surface area contributed by atoms with E-state index in [9.17, 15) is 0 Å². The summed E-state index contributed by atoms with van der Waals surface area (Å²) in [6.45, 7) is 23.9. The summed E-state index contributed by atoms with van der Waals surface area (Å²) in [6, 6.07) is 62.9. The fourth-order valence-corrected chi connectivity index (χ4v) is 15.7. The van der Waals surface area contributed by atoms with Gasteiger partial charge in [-0.1, -0.05) is 78.8 Å². The van der Waals surface area contributed by atoms with Crippen molar-refractivity contribution in [1.29, 1.82) is 0 Å². The zero-order valence-electron chi connectivity index (χ0n) is 75.3. The topological polar surface area (TPSA) is 150 Å². The average Bonchev–Trinajstić information content (AvgIpc) is 1.67. The Hall–Kier alpha value is -13.4. The Labute approximate surface area is 689 Å². The quantitative estimate of drug-likeness (QED) is 0.121. The second kappa shape index (κ2) is 32.5. The van der Waals surface area contributed by atoms with Gasteiger partial charge in [0, 0.05) is 145 Å². The maximum Gasteiger partial charge on any atom is 0.231 e. The summed E-state index contributed by atoms with van der Waals surface area (Å²) in [6.07, 6.45) is 13.0. The molecule has 0 amide bonds. The number of benzene rings is 5. The number of furan rings is 5. The molecule has 0 spiro atoms. The van der Waals surface area contributed by atoms with Gasteiger partial charge in [-0.05, 0) is 215 Å². The van der Waals surface area contributed by atoms with Gasteiger partial charge in [-0.2, -0.15) is 4.57 Å². The van der Waals surface area contributed by atoms with Crippen molar-refractivity contribution in [2.24, 2.45) is 35.2 Å². The van der Waals surface area contributed by atoms with Crippen LogP contribution in [0.15, 0.2) is 266 Å². The van der Waals surface area contributed by atoms with E-state index >= 15 is 0 Å². The number of fused-ring (bicyclic) bond motifs is 15. The average molecular weight is 1550 g/mol. The van der Waals surface area contributed by atoms with Crippen molar-refractivity contribution in [2.45, 2.75) is 114 Å². The maximum atomic E-state index is 7.90. The number of hydrogen-bond donors (Lipinski definition) is 0. The van der Waals surface area contributed by atoms with Gasteiger partial charge >= 0.3 is 0 Å². The van der Waals surface area contributed by atoms with E-state index < -0.39 is 19.1 Å². The molecule has 5 aromatic carbocycles. The lowest BCUT2D eigenvalue weighted by molar-refractivity contribution is -0.661. The lowest BCUT2D eigenvalue weighted by Gasteiger charge is -2.08. The predicted octanol–water partition coefficient (Wildman–Crippen LogP) is 22.8. The lowest BCUT2D eigenvalue weighted by atomic mass is 9.99. The number of aryl methyl sites for hydroxylation is 13. The second-order valence-corrected chi connectivity index (χ2v) is 30.8. The van der Waals surface area contributed by atoms with Crippen LogP contribution in [0.3, 0.4) is 0 Å². The first-order valence-electron chi connectivity index (χ1n) is 42.5. The monoisotopic (exact) mass is 1550 g/mol. The molecule has 0 atom stereocenters. The molecule has 15 heteroatoms. The third-order valence-corrected chi connectivity index (χ3v) is 22.1. The molecule has 0 saturated heterocycles. The minimum Gasteiger partial charge on any atom is -0.454 e. The van der Waals surface area contributed by atoms with E-state index in [1.807, 2.05) is 195 Å². The molecular formula is C102H99N10O5+5. The molecular weight excluding hydrogens is 1450 g/mol. The number of para-hydroxylation sites is 2. The Morgan fingerprint density at radius 3 is 1.32 bits per heavy atom. The van der Waals surface area contributed by atoms with Crippen molar-refractivity contribution in [3.63, 3.8) is 0 Å². The van der Waals surface area contributed by atoms with Crippen molar-refractivity contribution >= 4 is 110 Å². The minimum absolute atomic E-state index is 0.526. The van der Waals surface area contributed by atoms with Crippen molar-refractivity contribution in [2.75, 3.05) is 0 Å². The molecule has 0 aliphatic rings. The van der Waals surface area contributed by atoms with Gasteiger partial charge in [0.05, 0.1) is 17.5 Å². The molecule has 20 rings (SSSR count). The molecule has 0 saturated carbocycles. The van der Waals surface area contributed by atoms with Gasteiger partial charge in [-0.3, -0.25) is 9.97 Å². The Balaban J connectivity index is 0.000000114. The molecule has 0 unspecified atom stereocenters. The molecule has 582 valence electrons. The van der Waals surface area contributed by atoms with E-state index in [2.05, 4.69) is 171 Å². The smallest absolute Gasteiger partial charge is 0.231 e. The van der Waals surface area contributed by atoms with Gasteiger partial charge in [0.2, 0.25) is 39.9 Å². The van der Waals surface area contributed by atoms with Gasteiger partial charge in [-0.25, -0.2) is 33.2 Å². The van der Waals surface area contributed by atoms with Crippen LogP contribution >= 0.6 is 0 Å². The fraction of sp³-hybridized carbons (Fsp3) is 0.216. The zero-order valence-corrected chi connectivity index (χ0v) is 69.3. The Morgan fingerprint density at radius 1 is 0.325 bits per heavy atom. The molecule has 0 fully saturated rings. The number of hydrogen-bond acceptors (Lipinski definition) is 10. The van der Waals surface area contributed by atoms with Crippen LogP contribution < -0.4 is 22.8 Å². The third-order valence-electron chi connectivity index (χ3n) is 22.1. The van der Waals surface area contributed by atoms with Gasteiger partial charge in [0.1, 0.15) is 79.9 Å². The van der Waals surface area contributed by atoms with Gasteiger partial charge in [-0.15, -0.1) is 0 Å².